The average molecular weight is 200 g/mol. The molecule has 1 aliphatic carbocycles. The first-order chi connectivity index (χ1) is 6.88. The van der Waals surface area contributed by atoms with Crippen molar-refractivity contribution in [2.75, 3.05) is 26.9 Å². The van der Waals surface area contributed by atoms with Gasteiger partial charge in [0.1, 0.15) is 6.10 Å². The summed E-state index contributed by atoms with van der Waals surface area (Å²) in [6, 6.07) is 0. The summed E-state index contributed by atoms with van der Waals surface area (Å²) in [5.74, 6) is 0.761. The lowest BCUT2D eigenvalue weighted by atomic mass is 9.88. The first kappa shape index (κ1) is 10.4. The van der Waals surface area contributed by atoms with E-state index in [1.54, 1.807) is 7.11 Å². The number of hydrogen-bond donors (Lipinski definition) is 0. The largest absolute Gasteiger partial charge is 0.384 e. The first-order valence-electron chi connectivity index (χ1n) is 5.60. The molecule has 0 radical (unpaired) electrons. The minimum Gasteiger partial charge on any atom is -0.384 e. The first-order valence-corrected chi connectivity index (χ1v) is 5.60. The van der Waals surface area contributed by atoms with Crippen molar-refractivity contribution >= 4 is 0 Å². The molecule has 2 aliphatic rings. The Hall–Kier alpha value is -0.120. The topological polar surface area (TPSA) is 31.0 Å². The fourth-order valence-corrected chi connectivity index (χ4v) is 2.11. The Kier molecular flexibility index (Phi) is 3.79. The van der Waals surface area contributed by atoms with Crippen LogP contribution < -0.4 is 0 Å². The highest BCUT2D eigenvalue weighted by Crippen LogP contribution is 2.27. The van der Waals surface area contributed by atoms with Gasteiger partial charge in [0.2, 0.25) is 0 Å². The van der Waals surface area contributed by atoms with Gasteiger partial charge in [0.05, 0.1) is 19.3 Å². The second-order valence-electron chi connectivity index (χ2n) is 4.39. The van der Waals surface area contributed by atoms with E-state index in [0.29, 0.717) is 12.2 Å². The summed E-state index contributed by atoms with van der Waals surface area (Å²) in [6.07, 6.45) is 5.79. The van der Waals surface area contributed by atoms with E-state index in [1.165, 1.54) is 25.7 Å². The van der Waals surface area contributed by atoms with Crippen molar-refractivity contribution in [1.29, 1.82) is 0 Å². The van der Waals surface area contributed by atoms with Crippen LogP contribution in [-0.4, -0.2) is 39.1 Å². The maximum absolute atomic E-state index is 5.77. The number of rotatable bonds is 5. The van der Waals surface area contributed by atoms with E-state index in [4.69, 9.17) is 14.2 Å². The molecular formula is C11H20O3. The highest BCUT2D eigenvalue weighted by molar-refractivity contribution is 4.74. The summed E-state index contributed by atoms with van der Waals surface area (Å²) in [5.41, 5.74) is 0. The zero-order valence-corrected chi connectivity index (χ0v) is 8.91. The van der Waals surface area contributed by atoms with Crippen LogP contribution in [0.1, 0.15) is 25.7 Å². The molecule has 1 aliphatic heterocycles. The summed E-state index contributed by atoms with van der Waals surface area (Å²) in [4.78, 5) is 0. The monoisotopic (exact) mass is 200 g/mol. The second kappa shape index (κ2) is 5.10. The maximum Gasteiger partial charge on any atom is 0.104 e. The predicted octanol–water partition coefficient (Wildman–Crippen LogP) is 1.61. The Morgan fingerprint density at radius 2 is 1.86 bits per heavy atom. The Bertz CT molecular complexity index is 160. The Labute approximate surface area is 85.7 Å². The average Bonchev–Trinajstić information content (AvgIpc) is 3.01. The molecule has 0 spiro atoms. The van der Waals surface area contributed by atoms with E-state index in [0.717, 1.165) is 25.7 Å². The molecule has 2 rings (SSSR count). The third-order valence-electron chi connectivity index (χ3n) is 3.12. The van der Waals surface area contributed by atoms with Gasteiger partial charge in [-0.15, -0.1) is 0 Å². The predicted molar refractivity (Wildman–Crippen MR) is 53.3 cm³/mol. The fraction of sp³-hybridized carbons (Fsp3) is 1.00. The lowest BCUT2D eigenvalue weighted by Gasteiger charge is -2.27. The van der Waals surface area contributed by atoms with E-state index < -0.39 is 0 Å². The van der Waals surface area contributed by atoms with Crippen LogP contribution in [0, 0.1) is 5.92 Å². The van der Waals surface area contributed by atoms with Gasteiger partial charge >= 0.3 is 0 Å². The smallest absolute Gasteiger partial charge is 0.104 e. The van der Waals surface area contributed by atoms with Crippen molar-refractivity contribution in [3.8, 4) is 0 Å². The zero-order valence-electron chi connectivity index (χ0n) is 8.91. The molecular weight excluding hydrogens is 180 g/mol. The highest BCUT2D eigenvalue weighted by Gasteiger charge is 2.26. The fourth-order valence-electron chi connectivity index (χ4n) is 2.11. The van der Waals surface area contributed by atoms with Gasteiger partial charge in [0.25, 0.3) is 0 Å². The van der Waals surface area contributed by atoms with E-state index >= 15 is 0 Å². The minimum absolute atomic E-state index is 0.409. The van der Waals surface area contributed by atoms with Gasteiger partial charge in [-0.05, 0) is 31.6 Å². The van der Waals surface area contributed by atoms with Crippen molar-refractivity contribution in [2.24, 2.45) is 5.92 Å². The summed E-state index contributed by atoms with van der Waals surface area (Å²) >= 11 is 0. The van der Waals surface area contributed by atoms with E-state index in [-0.39, 0.29) is 0 Å². The van der Waals surface area contributed by atoms with E-state index in [9.17, 15) is 0 Å². The molecule has 0 aromatic heterocycles. The SMILES string of the molecule is COCC1CCC(OCC2CO2)CC1. The van der Waals surface area contributed by atoms with Gasteiger partial charge in [-0.2, -0.15) is 0 Å². The molecule has 0 N–H and O–H groups in total. The third kappa shape index (κ3) is 3.23. The van der Waals surface area contributed by atoms with Crippen LogP contribution in [0.4, 0.5) is 0 Å². The third-order valence-corrected chi connectivity index (χ3v) is 3.12. The molecule has 0 bridgehead atoms. The molecule has 1 saturated heterocycles. The lowest BCUT2D eigenvalue weighted by Crippen LogP contribution is -2.25. The molecule has 3 nitrogen and oxygen atoms in total. The summed E-state index contributed by atoms with van der Waals surface area (Å²) in [5, 5.41) is 0. The molecule has 1 atom stereocenters. The van der Waals surface area contributed by atoms with Crippen molar-refractivity contribution < 1.29 is 14.2 Å². The van der Waals surface area contributed by atoms with Crippen LogP contribution in [0.5, 0.6) is 0 Å². The normalized spacial score (nSPS) is 37.1. The minimum atomic E-state index is 0.409. The number of ether oxygens (including phenoxy) is 3. The molecule has 3 heteroatoms. The number of epoxide rings is 1. The van der Waals surface area contributed by atoms with Crippen LogP contribution >= 0.6 is 0 Å². The Balaban J connectivity index is 1.57. The zero-order chi connectivity index (χ0) is 9.80. The van der Waals surface area contributed by atoms with Crippen LogP contribution in [0.3, 0.4) is 0 Å². The van der Waals surface area contributed by atoms with Crippen molar-refractivity contribution in [3.05, 3.63) is 0 Å². The Morgan fingerprint density at radius 1 is 1.14 bits per heavy atom. The van der Waals surface area contributed by atoms with Gasteiger partial charge in [0.15, 0.2) is 0 Å². The summed E-state index contributed by atoms with van der Waals surface area (Å²) in [6.45, 7) is 2.62. The molecule has 2 fully saturated rings. The van der Waals surface area contributed by atoms with Gasteiger partial charge < -0.3 is 14.2 Å². The van der Waals surface area contributed by atoms with Gasteiger partial charge in [0, 0.05) is 13.7 Å². The van der Waals surface area contributed by atoms with Crippen LogP contribution in [0.15, 0.2) is 0 Å². The Morgan fingerprint density at radius 3 is 2.43 bits per heavy atom. The second-order valence-corrected chi connectivity index (χ2v) is 4.39. The van der Waals surface area contributed by atoms with Gasteiger partial charge in [-0.25, -0.2) is 0 Å². The molecule has 0 aromatic carbocycles. The quantitative estimate of drug-likeness (QED) is 0.632. The highest BCUT2D eigenvalue weighted by atomic mass is 16.6. The molecule has 1 saturated carbocycles. The summed E-state index contributed by atoms with van der Waals surface area (Å²) in [7, 11) is 1.78. The molecule has 0 amide bonds. The number of methoxy groups -OCH3 is 1. The maximum atomic E-state index is 5.77. The molecule has 14 heavy (non-hydrogen) atoms. The van der Waals surface area contributed by atoms with Crippen LogP contribution in [-0.2, 0) is 14.2 Å². The lowest BCUT2D eigenvalue weighted by molar-refractivity contribution is 0.00121. The molecule has 1 unspecified atom stereocenters. The molecule has 82 valence electrons. The molecule has 0 aromatic rings. The van der Waals surface area contributed by atoms with Gasteiger partial charge in [-0.3, -0.25) is 0 Å². The molecule has 1 heterocycles. The van der Waals surface area contributed by atoms with Crippen LogP contribution in [0.2, 0.25) is 0 Å². The summed E-state index contributed by atoms with van der Waals surface area (Å²) < 4.78 is 16.0. The van der Waals surface area contributed by atoms with Crippen LogP contribution in [0.25, 0.3) is 0 Å². The van der Waals surface area contributed by atoms with Crippen molar-refractivity contribution in [3.63, 3.8) is 0 Å². The standard InChI is InChI=1S/C11H20O3/c1-12-6-9-2-4-10(5-3-9)13-7-11-8-14-11/h9-11H,2-8H2,1H3. The van der Waals surface area contributed by atoms with E-state index in [1.807, 2.05) is 0 Å². The number of hydrogen-bond acceptors (Lipinski definition) is 3. The van der Waals surface area contributed by atoms with E-state index in [2.05, 4.69) is 0 Å². The van der Waals surface area contributed by atoms with Crippen molar-refractivity contribution in [1.82, 2.24) is 0 Å². The van der Waals surface area contributed by atoms with Crippen molar-refractivity contribution in [2.45, 2.75) is 37.9 Å². The van der Waals surface area contributed by atoms with Gasteiger partial charge in [-0.1, -0.05) is 0 Å².